The lowest BCUT2D eigenvalue weighted by Crippen LogP contribution is -2.41. The second-order valence-corrected chi connectivity index (χ2v) is 13.9. The van der Waals surface area contributed by atoms with E-state index in [0.717, 1.165) is 86.9 Å². The zero-order valence-electron chi connectivity index (χ0n) is 28.1. The van der Waals surface area contributed by atoms with Gasteiger partial charge in [0.2, 0.25) is 5.91 Å². The van der Waals surface area contributed by atoms with Crippen LogP contribution in [0, 0.1) is 24.7 Å². The van der Waals surface area contributed by atoms with Crippen molar-refractivity contribution in [1.82, 2.24) is 9.78 Å². The van der Waals surface area contributed by atoms with Crippen LogP contribution in [0.25, 0.3) is 11.1 Å². The van der Waals surface area contributed by atoms with Crippen LogP contribution in [0.3, 0.4) is 0 Å². The minimum atomic E-state index is 0.0501. The minimum absolute atomic E-state index is 0.0501. The van der Waals surface area contributed by atoms with Crippen LogP contribution in [-0.4, -0.2) is 35.1 Å². The van der Waals surface area contributed by atoms with Crippen LogP contribution >= 0.6 is 0 Å². The third kappa shape index (κ3) is 8.25. The molecule has 2 aliphatic rings. The Kier molecular flexibility index (Phi) is 11.2. The Labute approximate surface area is 270 Å². The van der Waals surface area contributed by atoms with E-state index in [-0.39, 0.29) is 11.8 Å². The molecule has 6 heteroatoms. The number of hydrogen-bond acceptors (Lipinski definition) is 4. The first kappa shape index (κ1) is 33.0. The second-order valence-electron chi connectivity index (χ2n) is 13.9. The normalized spacial score (nSPS) is 21.9. The average Bonchev–Trinajstić information content (AvgIpc) is 3.57. The third-order valence-corrected chi connectivity index (χ3v) is 10.5. The van der Waals surface area contributed by atoms with Gasteiger partial charge in [0.1, 0.15) is 11.5 Å². The lowest BCUT2D eigenvalue weighted by Gasteiger charge is -2.36. The molecule has 0 radical (unpaired) electrons. The van der Waals surface area contributed by atoms with E-state index < -0.39 is 0 Å². The van der Waals surface area contributed by atoms with Gasteiger partial charge in [-0.1, -0.05) is 31.2 Å². The maximum absolute atomic E-state index is 14.4. The molecular formula is C39H53N3O3. The number of ketones is 1. The largest absolute Gasteiger partial charge is 0.496 e. The molecule has 0 saturated heterocycles. The van der Waals surface area contributed by atoms with Gasteiger partial charge in [-0.25, -0.2) is 0 Å². The van der Waals surface area contributed by atoms with E-state index in [1.54, 1.807) is 7.11 Å². The molecule has 3 aromatic rings. The fraction of sp³-hybridized carbons (Fsp3) is 0.564. The zero-order valence-corrected chi connectivity index (χ0v) is 28.1. The standard InChI is InChI=1S/C39H53N3O3/c1-6-37(43)20-14-29-10-17-32(18-11-29)39(44)41(36-9-7-8-33(23-36)35-24-40-42(26-35)27(2)3)25-30-12-15-31(16-13-30)34-19-21-38(45-5)28(4)22-34/h7-9,19,21-24,26-27,29-32H,6,10-18,20,25H2,1-5H3. The van der Waals surface area contributed by atoms with Gasteiger partial charge in [-0.15, -0.1) is 0 Å². The predicted octanol–water partition coefficient (Wildman–Crippen LogP) is 9.32. The number of benzene rings is 2. The lowest BCUT2D eigenvalue weighted by molar-refractivity contribution is -0.124. The molecule has 2 aromatic carbocycles. The van der Waals surface area contributed by atoms with Gasteiger partial charge in [-0.3, -0.25) is 14.3 Å². The summed E-state index contributed by atoms with van der Waals surface area (Å²) in [6.45, 7) is 9.11. The quantitative estimate of drug-likeness (QED) is 0.205. The summed E-state index contributed by atoms with van der Waals surface area (Å²) in [6.07, 6.45) is 14.8. The predicted molar refractivity (Wildman–Crippen MR) is 183 cm³/mol. The van der Waals surface area contributed by atoms with Gasteiger partial charge in [0, 0.05) is 48.8 Å². The van der Waals surface area contributed by atoms with Gasteiger partial charge in [0.05, 0.1) is 13.3 Å². The number of aromatic nitrogens is 2. The maximum atomic E-state index is 14.4. The van der Waals surface area contributed by atoms with Crippen LogP contribution in [0.4, 0.5) is 5.69 Å². The van der Waals surface area contributed by atoms with Gasteiger partial charge in [-0.2, -0.15) is 5.10 Å². The highest BCUT2D eigenvalue weighted by molar-refractivity contribution is 5.95. The van der Waals surface area contributed by atoms with Crippen molar-refractivity contribution in [3.05, 3.63) is 66.0 Å². The number of carbonyl (C=O) groups is 2. The molecule has 45 heavy (non-hydrogen) atoms. The molecule has 0 aliphatic heterocycles. The van der Waals surface area contributed by atoms with E-state index in [9.17, 15) is 9.59 Å². The first-order valence-electron chi connectivity index (χ1n) is 17.4. The van der Waals surface area contributed by atoms with Crippen molar-refractivity contribution in [2.75, 3.05) is 18.6 Å². The fourth-order valence-electron chi connectivity index (χ4n) is 7.50. The summed E-state index contributed by atoms with van der Waals surface area (Å²) < 4.78 is 7.47. The van der Waals surface area contributed by atoms with E-state index >= 15 is 0 Å². The molecule has 0 bridgehead atoms. The highest BCUT2D eigenvalue weighted by atomic mass is 16.5. The van der Waals surface area contributed by atoms with Gasteiger partial charge >= 0.3 is 0 Å². The topological polar surface area (TPSA) is 64.4 Å². The van der Waals surface area contributed by atoms with Crippen LogP contribution in [0.2, 0.25) is 0 Å². The summed E-state index contributed by atoms with van der Waals surface area (Å²) >= 11 is 0. The molecule has 1 heterocycles. The Morgan fingerprint density at radius 1 is 0.956 bits per heavy atom. The smallest absolute Gasteiger partial charge is 0.230 e. The number of nitrogens with zero attached hydrogens (tertiary/aromatic N) is 3. The molecule has 0 unspecified atom stereocenters. The molecule has 0 N–H and O–H groups in total. The SMILES string of the molecule is CCC(=O)CCC1CCC(C(=O)N(CC2CCC(c3ccc(OC)c(C)c3)CC2)c2cccc(-c3cnn(C(C)C)c3)c2)CC1. The molecular weight excluding hydrogens is 558 g/mol. The van der Waals surface area contributed by atoms with Crippen molar-refractivity contribution in [3.63, 3.8) is 0 Å². The van der Waals surface area contributed by atoms with Gasteiger partial charge < -0.3 is 9.64 Å². The van der Waals surface area contributed by atoms with Crippen LogP contribution in [0.5, 0.6) is 5.75 Å². The molecule has 2 saturated carbocycles. The van der Waals surface area contributed by atoms with Gasteiger partial charge in [-0.05, 0) is 131 Å². The van der Waals surface area contributed by atoms with Crippen molar-refractivity contribution in [1.29, 1.82) is 0 Å². The number of anilines is 1. The van der Waals surface area contributed by atoms with E-state index in [2.05, 4.69) is 79.4 Å². The van der Waals surface area contributed by atoms with Crippen molar-refractivity contribution in [3.8, 4) is 16.9 Å². The molecule has 1 aromatic heterocycles. The van der Waals surface area contributed by atoms with E-state index in [1.807, 2.05) is 17.8 Å². The fourth-order valence-corrected chi connectivity index (χ4v) is 7.50. The van der Waals surface area contributed by atoms with Crippen LogP contribution in [-0.2, 0) is 9.59 Å². The average molecular weight is 612 g/mol. The summed E-state index contributed by atoms with van der Waals surface area (Å²) in [7, 11) is 1.73. The second kappa shape index (κ2) is 15.2. The number of rotatable bonds is 12. The highest BCUT2D eigenvalue weighted by Crippen LogP contribution is 2.39. The summed E-state index contributed by atoms with van der Waals surface area (Å²) in [4.78, 5) is 28.4. The van der Waals surface area contributed by atoms with Gasteiger partial charge in [0.25, 0.3) is 0 Å². The molecule has 6 nitrogen and oxygen atoms in total. The van der Waals surface area contributed by atoms with Crippen molar-refractivity contribution in [2.45, 2.75) is 110 Å². The monoisotopic (exact) mass is 611 g/mol. The minimum Gasteiger partial charge on any atom is -0.496 e. The highest BCUT2D eigenvalue weighted by Gasteiger charge is 2.33. The van der Waals surface area contributed by atoms with E-state index in [4.69, 9.17) is 4.74 Å². The zero-order chi connectivity index (χ0) is 31.9. The number of methoxy groups -OCH3 is 1. The number of amides is 1. The first-order chi connectivity index (χ1) is 21.7. The number of hydrogen-bond donors (Lipinski definition) is 0. The number of carbonyl (C=O) groups excluding carboxylic acids is 2. The molecule has 242 valence electrons. The van der Waals surface area contributed by atoms with Crippen molar-refractivity contribution in [2.24, 2.45) is 17.8 Å². The number of aryl methyl sites for hydroxylation is 1. The summed E-state index contributed by atoms with van der Waals surface area (Å²) in [6, 6.07) is 15.4. The molecule has 0 spiro atoms. The van der Waals surface area contributed by atoms with E-state index in [0.29, 0.717) is 42.4 Å². The molecule has 5 rings (SSSR count). The Hall–Kier alpha value is -3.41. The lowest BCUT2D eigenvalue weighted by atomic mass is 9.77. The number of ether oxygens (including phenoxy) is 1. The molecule has 2 fully saturated rings. The first-order valence-corrected chi connectivity index (χ1v) is 17.4. The maximum Gasteiger partial charge on any atom is 0.230 e. The summed E-state index contributed by atoms with van der Waals surface area (Å²) in [5, 5.41) is 4.56. The van der Waals surface area contributed by atoms with Crippen LogP contribution in [0.1, 0.15) is 114 Å². The van der Waals surface area contributed by atoms with Crippen molar-refractivity contribution >= 4 is 17.4 Å². The molecule has 2 aliphatic carbocycles. The summed E-state index contributed by atoms with van der Waals surface area (Å²) in [5.74, 6) is 3.24. The van der Waals surface area contributed by atoms with Crippen molar-refractivity contribution < 1.29 is 14.3 Å². The Morgan fingerprint density at radius 3 is 2.33 bits per heavy atom. The van der Waals surface area contributed by atoms with Crippen LogP contribution in [0.15, 0.2) is 54.9 Å². The Morgan fingerprint density at radius 2 is 1.69 bits per heavy atom. The van der Waals surface area contributed by atoms with Gasteiger partial charge in [0.15, 0.2) is 0 Å². The molecule has 1 amide bonds. The summed E-state index contributed by atoms with van der Waals surface area (Å²) in [5.41, 5.74) is 5.78. The third-order valence-electron chi connectivity index (χ3n) is 10.5. The Bertz CT molecular complexity index is 1430. The van der Waals surface area contributed by atoms with E-state index in [1.165, 1.54) is 11.1 Å². The molecule has 0 atom stereocenters. The van der Waals surface area contributed by atoms with Crippen LogP contribution < -0.4 is 9.64 Å². The Balaban J connectivity index is 1.30. The number of Topliss-reactive ketones (excluding diaryl/α,β-unsaturated/α-hetero) is 1.